The van der Waals surface area contributed by atoms with Crippen molar-refractivity contribution in [3.05, 3.63) is 42.8 Å². The summed E-state index contributed by atoms with van der Waals surface area (Å²) in [6.07, 6.45) is 11.5. The summed E-state index contributed by atoms with van der Waals surface area (Å²) in [4.78, 5) is 10.5. The second-order valence-electron chi connectivity index (χ2n) is 3.82. The summed E-state index contributed by atoms with van der Waals surface area (Å²) in [6, 6.07) is 0. The van der Waals surface area contributed by atoms with Crippen LogP contribution in [0.2, 0.25) is 0 Å². The summed E-state index contributed by atoms with van der Waals surface area (Å²) in [7, 11) is 0. The first kappa shape index (κ1) is 12.4. The Morgan fingerprint density at radius 3 is 2.31 bits per heavy atom. The first-order valence-electron chi connectivity index (χ1n) is 5.54. The maximum atomic E-state index is 4.34. The molecule has 0 spiro atoms. The number of rotatable bonds is 4. The van der Waals surface area contributed by atoms with Crippen LogP contribution in [0.15, 0.2) is 37.1 Å². The fourth-order valence-electron chi connectivity index (χ4n) is 1.51. The maximum Gasteiger partial charge on any atom is 0.115 e. The minimum Gasteiger partial charge on any atom is -0.322 e. The molecule has 0 unspecified atom stereocenters. The molecule has 0 aliphatic heterocycles. The summed E-state index contributed by atoms with van der Waals surface area (Å²) in [5.74, 6) is 0.385. The molecular weight excluding hydrogens is 198 g/mol. The van der Waals surface area contributed by atoms with E-state index in [9.17, 15) is 0 Å². The molecule has 1 heterocycles. The fourth-order valence-corrected chi connectivity index (χ4v) is 1.51. The van der Waals surface area contributed by atoms with Gasteiger partial charge in [-0.25, -0.2) is 9.97 Å². The van der Waals surface area contributed by atoms with E-state index in [0.29, 0.717) is 5.92 Å². The highest BCUT2D eigenvalue weighted by atomic mass is 15.1. The fraction of sp³-hybridized carbons (Fsp3) is 0.385. The van der Waals surface area contributed by atoms with E-state index in [4.69, 9.17) is 0 Å². The zero-order chi connectivity index (χ0) is 12.0. The van der Waals surface area contributed by atoms with Gasteiger partial charge in [-0.3, -0.25) is 0 Å². The van der Waals surface area contributed by atoms with Crippen molar-refractivity contribution in [2.75, 3.05) is 4.90 Å². The molecule has 1 rings (SSSR count). The molecule has 0 amide bonds. The van der Waals surface area contributed by atoms with Crippen LogP contribution in [0.4, 0.5) is 5.69 Å². The van der Waals surface area contributed by atoms with E-state index in [1.807, 2.05) is 49.5 Å². The number of nitrogens with zero attached hydrogens (tertiary/aromatic N) is 3. The van der Waals surface area contributed by atoms with Gasteiger partial charge in [0.05, 0.1) is 17.6 Å². The van der Waals surface area contributed by atoms with Gasteiger partial charge in [-0.05, 0) is 19.8 Å². The van der Waals surface area contributed by atoms with E-state index in [1.54, 1.807) is 6.33 Å². The first-order valence-corrected chi connectivity index (χ1v) is 5.54. The van der Waals surface area contributed by atoms with Gasteiger partial charge in [0.1, 0.15) is 6.33 Å². The van der Waals surface area contributed by atoms with Gasteiger partial charge in [-0.15, -0.1) is 0 Å². The lowest BCUT2D eigenvalue weighted by Crippen LogP contribution is -2.11. The van der Waals surface area contributed by atoms with Gasteiger partial charge in [0, 0.05) is 12.4 Å². The summed E-state index contributed by atoms with van der Waals surface area (Å²) >= 11 is 0. The van der Waals surface area contributed by atoms with Crippen LogP contribution in [-0.2, 0) is 0 Å². The van der Waals surface area contributed by atoms with Gasteiger partial charge in [0.25, 0.3) is 0 Å². The number of hydrogen-bond donors (Lipinski definition) is 0. The van der Waals surface area contributed by atoms with Crippen molar-refractivity contribution in [1.29, 1.82) is 0 Å². The molecule has 0 saturated heterocycles. The molecule has 0 aliphatic carbocycles. The average Bonchev–Trinajstić information content (AvgIpc) is 2.29. The SMILES string of the molecule is CC=CN(C=CC)c1cncnc1C(C)C. The van der Waals surface area contributed by atoms with Crippen LogP contribution in [0.25, 0.3) is 0 Å². The van der Waals surface area contributed by atoms with Crippen molar-refractivity contribution in [2.45, 2.75) is 33.6 Å². The Morgan fingerprint density at radius 1 is 1.19 bits per heavy atom. The van der Waals surface area contributed by atoms with Crippen molar-refractivity contribution in [2.24, 2.45) is 0 Å². The van der Waals surface area contributed by atoms with Gasteiger partial charge in [-0.1, -0.05) is 26.0 Å². The Hall–Kier alpha value is -1.64. The normalized spacial score (nSPS) is 11.8. The third-order valence-corrected chi connectivity index (χ3v) is 2.17. The second kappa shape index (κ2) is 6.05. The third-order valence-electron chi connectivity index (χ3n) is 2.17. The molecule has 0 atom stereocenters. The van der Waals surface area contributed by atoms with Crippen LogP contribution < -0.4 is 4.90 Å². The minimum atomic E-state index is 0.385. The quantitative estimate of drug-likeness (QED) is 0.773. The monoisotopic (exact) mass is 217 g/mol. The van der Waals surface area contributed by atoms with Crippen molar-refractivity contribution in [3.8, 4) is 0 Å². The highest BCUT2D eigenvalue weighted by Crippen LogP contribution is 2.24. The maximum absolute atomic E-state index is 4.34. The highest BCUT2D eigenvalue weighted by Gasteiger charge is 2.11. The third kappa shape index (κ3) is 2.92. The molecule has 0 saturated carbocycles. The Kier molecular flexibility index (Phi) is 4.70. The Bertz CT molecular complexity index is 369. The van der Waals surface area contributed by atoms with Crippen LogP contribution in [-0.4, -0.2) is 9.97 Å². The number of anilines is 1. The van der Waals surface area contributed by atoms with Crippen molar-refractivity contribution in [3.63, 3.8) is 0 Å². The molecule has 0 fully saturated rings. The highest BCUT2D eigenvalue weighted by molar-refractivity contribution is 5.55. The zero-order valence-electron chi connectivity index (χ0n) is 10.4. The van der Waals surface area contributed by atoms with E-state index in [-0.39, 0.29) is 0 Å². The van der Waals surface area contributed by atoms with E-state index in [1.165, 1.54) is 0 Å². The lowest BCUT2D eigenvalue weighted by Gasteiger charge is -2.19. The van der Waals surface area contributed by atoms with E-state index < -0.39 is 0 Å². The largest absolute Gasteiger partial charge is 0.322 e. The second-order valence-corrected chi connectivity index (χ2v) is 3.82. The summed E-state index contributed by atoms with van der Waals surface area (Å²) < 4.78 is 0. The van der Waals surface area contributed by atoms with Crippen molar-refractivity contribution >= 4 is 5.69 Å². The zero-order valence-corrected chi connectivity index (χ0v) is 10.4. The molecule has 0 bridgehead atoms. The molecule has 86 valence electrons. The Balaban J connectivity index is 3.17. The predicted molar refractivity (Wildman–Crippen MR) is 68.2 cm³/mol. The van der Waals surface area contributed by atoms with Crippen LogP contribution in [0.5, 0.6) is 0 Å². The molecular formula is C13H19N3. The lowest BCUT2D eigenvalue weighted by atomic mass is 10.1. The molecule has 0 radical (unpaired) electrons. The van der Waals surface area contributed by atoms with Gasteiger partial charge in [0.15, 0.2) is 0 Å². The topological polar surface area (TPSA) is 29.0 Å². The van der Waals surface area contributed by atoms with E-state index in [0.717, 1.165) is 11.4 Å². The van der Waals surface area contributed by atoms with Crippen molar-refractivity contribution in [1.82, 2.24) is 9.97 Å². The standard InChI is InChI=1S/C13H19N3/c1-5-7-16(8-6-2)12-9-14-10-15-13(12)11(3)4/h5-11H,1-4H3. The molecule has 0 N–H and O–H groups in total. The molecule has 16 heavy (non-hydrogen) atoms. The van der Waals surface area contributed by atoms with Gasteiger partial charge < -0.3 is 4.90 Å². The molecule has 3 heteroatoms. The Morgan fingerprint density at radius 2 is 1.81 bits per heavy atom. The molecule has 1 aromatic rings. The smallest absolute Gasteiger partial charge is 0.115 e. The summed E-state index contributed by atoms with van der Waals surface area (Å²) in [6.45, 7) is 8.26. The summed E-state index contributed by atoms with van der Waals surface area (Å²) in [5.41, 5.74) is 2.10. The molecule has 0 aliphatic rings. The number of allylic oxidation sites excluding steroid dienone is 2. The van der Waals surface area contributed by atoms with Crippen LogP contribution >= 0.6 is 0 Å². The molecule has 0 aromatic carbocycles. The molecule has 3 nitrogen and oxygen atoms in total. The van der Waals surface area contributed by atoms with Gasteiger partial charge >= 0.3 is 0 Å². The minimum absolute atomic E-state index is 0.385. The van der Waals surface area contributed by atoms with Gasteiger partial charge in [0.2, 0.25) is 0 Å². The van der Waals surface area contributed by atoms with Crippen LogP contribution in [0.3, 0.4) is 0 Å². The number of hydrogen-bond acceptors (Lipinski definition) is 3. The predicted octanol–water partition coefficient (Wildman–Crippen LogP) is 3.47. The van der Waals surface area contributed by atoms with Crippen molar-refractivity contribution < 1.29 is 0 Å². The van der Waals surface area contributed by atoms with Crippen LogP contribution in [0.1, 0.15) is 39.3 Å². The summed E-state index contributed by atoms with van der Waals surface area (Å²) in [5, 5.41) is 0. The lowest BCUT2D eigenvalue weighted by molar-refractivity contribution is 0.811. The molecule has 1 aromatic heterocycles. The Labute approximate surface area is 97.5 Å². The average molecular weight is 217 g/mol. The first-order chi connectivity index (χ1) is 7.70. The van der Waals surface area contributed by atoms with E-state index >= 15 is 0 Å². The van der Waals surface area contributed by atoms with E-state index in [2.05, 4.69) is 23.8 Å². The van der Waals surface area contributed by atoms with Gasteiger partial charge in [-0.2, -0.15) is 0 Å². The number of aromatic nitrogens is 2. The van der Waals surface area contributed by atoms with Crippen LogP contribution in [0, 0.1) is 0 Å².